The topological polar surface area (TPSA) is 28.2 Å². The van der Waals surface area contributed by atoms with Gasteiger partial charge in [0.1, 0.15) is 5.82 Å². The third-order valence-electron chi connectivity index (χ3n) is 4.13. The molecule has 1 saturated heterocycles. The van der Waals surface area contributed by atoms with E-state index in [9.17, 15) is 0 Å². The zero-order valence-electron chi connectivity index (χ0n) is 10.1. The summed E-state index contributed by atoms with van der Waals surface area (Å²) in [5.41, 5.74) is 4.29. The van der Waals surface area contributed by atoms with Gasteiger partial charge in [-0.25, -0.2) is 4.98 Å². The molecule has 1 N–H and O–H groups in total. The highest BCUT2D eigenvalue weighted by Gasteiger charge is 2.37. The van der Waals surface area contributed by atoms with E-state index >= 15 is 0 Å². The minimum Gasteiger partial charge on any atom is -0.348 e. The minimum absolute atomic E-state index is 0.578. The summed E-state index contributed by atoms with van der Waals surface area (Å²) < 4.78 is 0. The highest BCUT2D eigenvalue weighted by atomic mass is 32.2. The van der Waals surface area contributed by atoms with Crippen molar-refractivity contribution < 1.29 is 0 Å². The molecule has 0 saturated carbocycles. The number of thioether (sulfide) groups is 1. The first-order chi connectivity index (χ1) is 8.33. The van der Waals surface area contributed by atoms with E-state index in [1.807, 2.05) is 11.8 Å². The van der Waals surface area contributed by atoms with E-state index in [-0.39, 0.29) is 0 Å². The highest BCUT2D eigenvalue weighted by molar-refractivity contribution is 7.98. The lowest BCUT2D eigenvalue weighted by atomic mass is 10.1. The second-order valence-electron chi connectivity index (χ2n) is 5.34. The van der Waals surface area contributed by atoms with Crippen molar-refractivity contribution in [3.8, 4) is 0 Å². The van der Waals surface area contributed by atoms with Crippen molar-refractivity contribution in [2.45, 2.75) is 36.9 Å². The van der Waals surface area contributed by atoms with Gasteiger partial charge in [0.25, 0.3) is 0 Å². The van der Waals surface area contributed by atoms with Crippen LogP contribution >= 0.6 is 11.8 Å². The molecular formula is C13H17N3S. The summed E-state index contributed by atoms with van der Waals surface area (Å²) in [7, 11) is 0. The predicted molar refractivity (Wildman–Crippen MR) is 71.5 cm³/mol. The van der Waals surface area contributed by atoms with Crippen LogP contribution in [0.1, 0.15) is 23.7 Å². The molecule has 0 spiro atoms. The molecule has 0 radical (unpaired) electrons. The van der Waals surface area contributed by atoms with Crippen LogP contribution < -0.4 is 10.2 Å². The second kappa shape index (κ2) is 3.62. The summed E-state index contributed by atoms with van der Waals surface area (Å²) in [6.07, 6.45) is 1.18. The number of hydrogen-bond acceptors (Lipinski definition) is 4. The Morgan fingerprint density at radius 3 is 3.24 bits per heavy atom. The van der Waals surface area contributed by atoms with Gasteiger partial charge in [-0.1, -0.05) is 0 Å². The Morgan fingerprint density at radius 2 is 2.29 bits per heavy atom. The maximum absolute atomic E-state index is 4.95. The number of piperazine rings is 1. The van der Waals surface area contributed by atoms with Crippen molar-refractivity contribution in [2.75, 3.05) is 18.0 Å². The lowest BCUT2D eigenvalue weighted by Gasteiger charge is -2.37. The smallest absolute Gasteiger partial charge is 0.132 e. The number of pyridine rings is 1. The largest absolute Gasteiger partial charge is 0.348 e. The fourth-order valence-corrected chi connectivity index (χ4v) is 4.35. The molecule has 90 valence electrons. The van der Waals surface area contributed by atoms with Gasteiger partial charge in [-0.05, 0) is 30.5 Å². The highest BCUT2D eigenvalue weighted by Crippen LogP contribution is 2.38. The number of aromatic nitrogens is 1. The van der Waals surface area contributed by atoms with Gasteiger partial charge in [0.15, 0.2) is 0 Å². The Hall–Kier alpha value is -0.740. The number of nitrogens with zero attached hydrogens (tertiary/aromatic N) is 2. The Balaban J connectivity index is 1.81. The third-order valence-corrected chi connectivity index (χ3v) is 5.12. The van der Waals surface area contributed by atoms with Crippen LogP contribution in [-0.4, -0.2) is 30.2 Å². The Kier molecular flexibility index (Phi) is 2.18. The van der Waals surface area contributed by atoms with Gasteiger partial charge in [-0.15, -0.1) is 0 Å². The zero-order chi connectivity index (χ0) is 11.4. The van der Waals surface area contributed by atoms with Crippen molar-refractivity contribution >= 4 is 17.6 Å². The molecule has 17 heavy (non-hydrogen) atoms. The van der Waals surface area contributed by atoms with Crippen molar-refractivity contribution in [2.24, 2.45) is 0 Å². The Morgan fingerprint density at radius 1 is 1.35 bits per heavy atom. The summed E-state index contributed by atoms with van der Waals surface area (Å²) in [5.74, 6) is 3.55. The molecule has 1 aromatic rings. The van der Waals surface area contributed by atoms with E-state index in [4.69, 9.17) is 4.98 Å². The molecule has 1 fully saturated rings. The first kappa shape index (κ1) is 10.2. The maximum Gasteiger partial charge on any atom is 0.132 e. The molecule has 4 rings (SSSR count). The second-order valence-corrected chi connectivity index (χ2v) is 6.33. The summed E-state index contributed by atoms with van der Waals surface area (Å²) in [5, 5.41) is 3.52. The van der Waals surface area contributed by atoms with Crippen LogP contribution in [0.4, 0.5) is 5.82 Å². The van der Waals surface area contributed by atoms with Crippen molar-refractivity contribution in [1.29, 1.82) is 0 Å². The van der Waals surface area contributed by atoms with Crippen molar-refractivity contribution in [1.82, 2.24) is 10.3 Å². The molecule has 1 unspecified atom stereocenters. The number of rotatable bonds is 0. The van der Waals surface area contributed by atoms with Crippen LogP contribution in [0.5, 0.6) is 0 Å². The molecule has 1 aromatic heterocycles. The summed E-state index contributed by atoms with van der Waals surface area (Å²) in [6, 6.07) is 3.63. The van der Waals surface area contributed by atoms with Gasteiger partial charge in [0.2, 0.25) is 0 Å². The monoisotopic (exact) mass is 247 g/mol. The van der Waals surface area contributed by atoms with Gasteiger partial charge in [0, 0.05) is 36.7 Å². The van der Waals surface area contributed by atoms with Crippen molar-refractivity contribution in [3.63, 3.8) is 0 Å². The molecule has 2 atom stereocenters. The van der Waals surface area contributed by atoms with Gasteiger partial charge in [0.05, 0.1) is 5.69 Å². The van der Waals surface area contributed by atoms with E-state index in [2.05, 4.69) is 23.2 Å². The van der Waals surface area contributed by atoms with Gasteiger partial charge in [-0.2, -0.15) is 11.8 Å². The number of anilines is 1. The zero-order valence-corrected chi connectivity index (χ0v) is 10.9. The van der Waals surface area contributed by atoms with Crippen LogP contribution in [0.3, 0.4) is 0 Å². The summed E-state index contributed by atoms with van der Waals surface area (Å²) >= 11 is 1.99. The fraction of sp³-hybridized carbons (Fsp3) is 0.615. The van der Waals surface area contributed by atoms with Crippen LogP contribution in [-0.2, 0) is 17.9 Å². The first-order valence-corrected chi connectivity index (χ1v) is 7.57. The SMILES string of the molecule is CC1CNC[C@H]2Cc3cc4c(nc3N12)CSC4. The average Bonchev–Trinajstić information content (AvgIpc) is 2.88. The first-order valence-electron chi connectivity index (χ1n) is 6.41. The molecule has 0 aromatic carbocycles. The molecule has 3 aliphatic rings. The van der Waals surface area contributed by atoms with Crippen LogP contribution in [0.15, 0.2) is 6.07 Å². The van der Waals surface area contributed by atoms with Gasteiger partial charge >= 0.3 is 0 Å². The minimum atomic E-state index is 0.578. The predicted octanol–water partition coefficient (Wildman–Crippen LogP) is 1.55. The van der Waals surface area contributed by atoms with Crippen LogP contribution in [0, 0.1) is 0 Å². The fourth-order valence-electron chi connectivity index (χ4n) is 3.33. The Bertz CT molecular complexity index is 474. The van der Waals surface area contributed by atoms with Gasteiger partial charge < -0.3 is 10.2 Å². The van der Waals surface area contributed by atoms with E-state index in [0.717, 1.165) is 24.6 Å². The molecule has 3 aliphatic heterocycles. The molecule has 0 aliphatic carbocycles. The summed E-state index contributed by atoms with van der Waals surface area (Å²) in [4.78, 5) is 7.50. The quantitative estimate of drug-likeness (QED) is 0.753. The van der Waals surface area contributed by atoms with E-state index in [1.165, 1.54) is 29.1 Å². The number of nitrogens with one attached hydrogen (secondary N) is 1. The van der Waals surface area contributed by atoms with E-state index < -0.39 is 0 Å². The molecular weight excluding hydrogens is 230 g/mol. The lowest BCUT2D eigenvalue weighted by molar-refractivity contribution is 0.427. The lowest BCUT2D eigenvalue weighted by Crippen LogP contribution is -2.55. The standard InChI is InChI=1S/C13H17N3S/c1-8-4-14-5-11-3-9-2-10-6-17-7-12(10)15-13(9)16(8)11/h2,8,11,14H,3-7H2,1H3/t8?,11-/m1/s1. The van der Waals surface area contributed by atoms with Crippen molar-refractivity contribution in [3.05, 3.63) is 22.9 Å². The number of fused-ring (bicyclic) bond motifs is 4. The normalized spacial score (nSPS) is 30.1. The average molecular weight is 247 g/mol. The molecule has 0 bridgehead atoms. The van der Waals surface area contributed by atoms with Crippen LogP contribution in [0.2, 0.25) is 0 Å². The van der Waals surface area contributed by atoms with Crippen LogP contribution in [0.25, 0.3) is 0 Å². The molecule has 4 heterocycles. The van der Waals surface area contributed by atoms with E-state index in [1.54, 1.807) is 0 Å². The van der Waals surface area contributed by atoms with E-state index in [0.29, 0.717) is 12.1 Å². The third kappa shape index (κ3) is 1.43. The molecule has 3 nitrogen and oxygen atoms in total. The maximum atomic E-state index is 4.95. The van der Waals surface area contributed by atoms with Gasteiger partial charge in [-0.3, -0.25) is 0 Å². The molecule has 4 heteroatoms. The summed E-state index contributed by atoms with van der Waals surface area (Å²) in [6.45, 7) is 4.50. The number of hydrogen-bond donors (Lipinski definition) is 1. The Labute approximate surface area is 106 Å². The molecule has 0 amide bonds.